The third-order valence-corrected chi connectivity index (χ3v) is 3.69. The van der Waals surface area contributed by atoms with Gasteiger partial charge in [0.1, 0.15) is 0 Å². The fourth-order valence-electron chi connectivity index (χ4n) is 2.69. The number of aliphatic carboxylic acids is 1. The Labute approximate surface area is 119 Å². The van der Waals surface area contributed by atoms with Gasteiger partial charge in [-0.2, -0.15) is 4.98 Å². The Morgan fingerprint density at radius 3 is 3.15 bits per heavy atom. The Morgan fingerprint density at radius 2 is 2.40 bits per heavy atom. The maximum atomic E-state index is 10.8. The molecule has 1 atom stereocenters. The second-order valence-electron chi connectivity index (χ2n) is 5.55. The van der Waals surface area contributed by atoms with Gasteiger partial charge in [0.2, 0.25) is 5.89 Å². The summed E-state index contributed by atoms with van der Waals surface area (Å²) in [6, 6.07) is 0. The molecule has 0 aliphatic carbocycles. The van der Waals surface area contributed by atoms with Crippen LogP contribution in [-0.2, 0) is 17.8 Å². The van der Waals surface area contributed by atoms with Gasteiger partial charge in [-0.1, -0.05) is 18.5 Å². The summed E-state index contributed by atoms with van der Waals surface area (Å²) in [4.78, 5) is 17.4. The Hall–Kier alpha value is -1.43. The lowest BCUT2D eigenvalue weighted by molar-refractivity contribution is -0.138. The van der Waals surface area contributed by atoms with Crippen molar-refractivity contribution in [2.75, 3.05) is 13.1 Å². The van der Waals surface area contributed by atoms with E-state index in [1.807, 2.05) is 0 Å². The smallest absolute Gasteiger partial charge is 0.303 e. The molecule has 0 spiro atoms. The molecule has 1 fully saturated rings. The summed E-state index contributed by atoms with van der Waals surface area (Å²) in [5.74, 6) is 0.952. The normalized spacial score (nSPS) is 20.1. The van der Waals surface area contributed by atoms with Gasteiger partial charge in [-0.3, -0.25) is 9.69 Å². The topological polar surface area (TPSA) is 79.5 Å². The van der Waals surface area contributed by atoms with Crippen molar-refractivity contribution < 1.29 is 14.4 Å². The molecule has 1 aromatic rings. The molecule has 1 aliphatic heterocycles. The first-order valence-electron chi connectivity index (χ1n) is 7.43. The molecule has 1 aliphatic rings. The van der Waals surface area contributed by atoms with Gasteiger partial charge < -0.3 is 9.63 Å². The second-order valence-corrected chi connectivity index (χ2v) is 5.55. The van der Waals surface area contributed by atoms with Crippen LogP contribution in [0.15, 0.2) is 4.52 Å². The van der Waals surface area contributed by atoms with E-state index in [0.29, 0.717) is 12.4 Å². The fourth-order valence-corrected chi connectivity index (χ4v) is 2.69. The second kappa shape index (κ2) is 7.38. The van der Waals surface area contributed by atoms with Crippen LogP contribution in [0.1, 0.15) is 50.7 Å². The monoisotopic (exact) mass is 281 g/mol. The Balaban J connectivity index is 1.82. The maximum absolute atomic E-state index is 10.8. The van der Waals surface area contributed by atoms with Crippen molar-refractivity contribution in [3.8, 4) is 0 Å². The van der Waals surface area contributed by atoms with E-state index in [4.69, 9.17) is 9.63 Å². The number of carbonyl (C=O) groups is 1. The minimum Gasteiger partial charge on any atom is -0.481 e. The summed E-state index contributed by atoms with van der Waals surface area (Å²) in [6.45, 7) is 4.55. The van der Waals surface area contributed by atoms with Crippen LogP contribution < -0.4 is 0 Å². The van der Waals surface area contributed by atoms with Crippen molar-refractivity contribution in [1.82, 2.24) is 15.0 Å². The molecule has 0 saturated carbocycles. The Kier molecular flexibility index (Phi) is 5.52. The number of hydrogen-bond donors (Lipinski definition) is 1. The van der Waals surface area contributed by atoms with E-state index in [1.165, 1.54) is 0 Å². The molecule has 6 heteroatoms. The Bertz CT molecular complexity index is 433. The first-order chi connectivity index (χ1) is 9.67. The molecular formula is C14H23N3O3. The van der Waals surface area contributed by atoms with Crippen molar-refractivity contribution in [1.29, 1.82) is 0 Å². The van der Waals surface area contributed by atoms with Gasteiger partial charge in [-0.15, -0.1) is 0 Å². The van der Waals surface area contributed by atoms with Gasteiger partial charge in [0.25, 0.3) is 0 Å². The van der Waals surface area contributed by atoms with Crippen LogP contribution in [0.2, 0.25) is 0 Å². The van der Waals surface area contributed by atoms with E-state index in [0.717, 1.165) is 51.0 Å². The van der Waals surface area contributed by atoms with Crippen LogP contribution in [-0.4, -0.2) is 39.2 Å². The summed E-state index contributed by atoms with van der Waals surface area (Å²) >= 11 is 0. The van der Waals surface area contributed by atoms with Gasteiger partial charge in [-0.25, -0.2) is 0 Å². The lowest BCUT2D eigenvalue weighted by Gasteiger charge is -2.30. The van der Waals surface area contributed by atoms with E-state index in [-0.39, 0.29) is 12.3 Å². The van der Waals surface area contributed by atoms with E-state index >= 15 is 0 Å². The van der Waals surface area contributed by atoms with Crippen molar-refractivity contribution in [2.45, 2.75) is 52.0 Å². The first kappa shape index (κ1) is 15.0. The molecule has 1 unspecified atom stereocenters. The third-order valence-electron chi connectivity index (χ3n) is 3.69. The van der Waals surface area contributed by atoms with Crippen LogP contribution in [0, 0.1) is 5.92 Å². The lowest BCUT2D eigenvalue weighted by Crippen LogP contribution is -2.35. The predicted molar refractivity (Wildman–Crippen MR) is 73.2 cm³/mol. The van der Waals surface area contributed by atoms with Crippen LogP contribution >= 0.6 is 0 Å². The van der Waals surface area contributed by atoms with E-state index in [2.05, 4.69) is 22.0 Å². The molecule has 112 valence electrons. The van der Waals surface area contributed by atoms with Gasteiger partial charge in [0.05, 0.1) is 6.54 Å². The highest BCUT2D eigenvalue weighted by atomic mass is 16.5. The van der Waals surface area contributed by atoms with Gasteiger partial charge in [0, 0.05) is 19.4 Å². The number of likely N-dealkylation sites (tertiary alicyclic amines) is 1. The average molecular weight is 281 g/mol. The van der Waals surface area contributed by atoms with Gasteiger partial charge in [0.15, 0.2) is 5.82 Å². The number of hydrogen-bond acceptors (Lipinski definition) is 5. The number of unbranched alkanes of at least 4 members (excludes halogenated alkanes) is 1. The molecule has 20 heavy (non-hydrogen) atoms. The number of aromatic nitrogens is 2. The summed E-state index contributed by atoms with van der Waals surface area (Å²) in [7, 11) is 0. The quantitative estimate of drug-likeness (QED) is 0.824. The maximum Gasteiger partial charge on any atom is 0.303 e. The van der Waals surface area contributed by atoms with Crippen molar-refractivity contribution >= 4 is 5.97 Å². The fraction of sp³-hybridized carbons (Fsp3) is 0.786. The molecule has 0 aromatic carbocycles. The van der Waals surface area contributed by atoms with Crippen LogP contribution in [0.5, 0.6) is 0 Å². The SMILES string of the molecule is CCCCc1noc(CN2CCCC(CC(=O)O)C2)n1. The van der Waals surface area contributed by atoms with Gasteiger partial charge >= 0.3 is 5.97 Å². The zero-order valence-corrected chi connectivity index (χ0v) is 12.0. The van der Waals surface area contributed by atoms with Crippen LogP contribution in [0.3, 0.4) is 0 Å². The molecule has 0 bridgehead atoms. The number of carboxylic acids is 1. The Morgan fingerprint density at radius 1 is 1.55 bits per heavy atom. The minimum absolute atomic E-state index is 0.240. The van der Waals surface area contributed by atoms with Crippen LogP contribution in [0.25, 0.3) is 0 Å². The van der Waals surface area contributed by atoms with Crippen molar-refractivity contribution in [2.24, 2.45) is 5.92 Å². The summed E-state index contributed by atoms with van der Waals surface area (Å²) in [5, 5.41) is 12.8. The van der Waals surface area contributed by atoms with E-state index in [1.54, 1.807) is 0 Å². The molecule has 6 nitrogen and oxygen atoms in total. The number of rotatable bonds is 7. The minimum atomic E-state index is -0.712. The summed E-state index contributed by atoms with van der Waals surface area (Å²) in [6.07, 6.45) is 5.34. The number of aryl methyl sites for hydroxylation is 1. The number of nitrogens with zero attached hydrogens (tertiary/aromatic N) is 3. The molecular weight excluding hydrogens is 258 g/mol. The first-order valence-corrected chi connectivity index (χ1v) is 7.43. The largest absolute Gasteiger partial charge is 0.481 e. The van der Waals surface area contributed by atoms with E-state index < -0.39 is 5.97 Å². The van der Waals surface area contributed by atoms with Crippen molar-refractivity contribution in [3.63, 3.8) is 0 Å². The molecule has 0 amide bonds. The highest BCUT2D eigenvalue weighted by Crippen LogP contribution is 2.20. The zero-order valence-electron chi connectivity index (χ0n) is 12.0. The standard InChI is InChI=1S/C14H23N3O3/c1-2-3-6-12-15-13(20-16-12)10-17-7-4-5-11(9-17)8-14(18)19/h11H,2-10H2,1H3,(H,18,19). The predicted octanol–water partition coefficient (Wildman–Crippen LogP) is 2.10. The molecule has 2 rings (SSSR count). The van der Waals surface area contributed by atoms with Crippen molar-refractivity contribution in [3.05, 3.63) is 11.7 Å². The van der Waals surface area contributed by atoms with Gasteiger partial charge in [-0.05, 0) is 31.7 Å². The zero-order chi connectivity index (χ0) is 14.4. The lowest BCUT2D eigenvalue weighted by atomic mass is 9.95. The molecule has 1 N–H and O–H groups in total. The third kappa shape index (κ3) is 4.59. The molecule has 2 heterocycles. The average Bonchev–Trinajstić information content (AvgIpc) is 2.83. The highest BCUT2D eigenvalue weighted by Gasteiger charge is 2.23. The highest BCUT2D eigenvalue weighted by molar-refractivity contribution is 5.67. The number of carboxylic acid groups (broad SMARTS) is 1. The molecule has 0 radical (unpaired) electrons. The molecule has 1 aromatic heterocycles. The molecule has 1 saturated heterocycles. The summed E-state index contributed by atoms with van der Waals surface area (Å²) < 4.78 is 5.26. The summed E-state index contributed by atoms with van der Waals surface area (Å²) in [5.41, 5.74) is 0. The number of piperidine rings is 1. The van der Waals surface area contributed by atoms with Crippen LogP contribution in [0.4, 0.5) is 0 Å². The van der Waals surface area contributed by atoms with E-state index in [9.17, 15) is 4.79 Å².